The van der Waals surface area contributed by atoms with Crippen LogP contribution in [0.25, 0.3) is 0 Å². The van der Waals surface area contributed by atoms with E-state index in [1.165, 1.54) is 0 Å². The molecule has 0 saturated heterocycles. The van der Waals surface area contributed by atoms with Gasteiger partial charge in [-0.05, 0) is 31.2 Å². The summed E-state index contributed by atoms with van der Waals surface area (Å²) in [5.74, 6) is 0.927. The molecule has 0 radical (unpaired) electrons. The van der Waals surface area contributed by atoms with Crippen molar-refractivity contribution in [2.75, 3.05) is 19.4 Å². The number of ether oxygens (including phenoxy) is 1. The van der Waals surface area contributed by atoms with Gasteiger partial charge in [0, 0.05) is 11.8 Å². The Morgan fingerprint density at radius 2 is 1.79 bits per heavy atom. The fourth-order valence-electron chi connectivity index (χ4n) is 2.06. The van der Waals surface area contributed by atoms with Crippen LogP contribution in [-0.2, 0) is 9.84 Å². The van der Waals surface area contributed by atoms with Crippen LogP contribution in [0, 0.1) is 0 Å². The smallest absolute Gasteiger partial charge is 0.154 e. The summed E-state index contributed by atoms with van der Waals surface area (Å²) < 4.78 is 29.2. The number of sulfone groups is 1. The van der Waals surface area contributed by atoms with Crippen molar-refractivity contribution >= 4 is 9.84 Å². The highest BCUT2D eigenvalue weighted by atomic mass is 32.2. The molecule has 1 rings (SSSR count). The van der Waals surface area contributed by atoms with Crippen LogP contribution in [0.4, 0.5) is 0 Å². The van der Waals surface area contributed by atoms with Crippen LogP contribution in [-0.4, -0.2) is 33.1 Å². The third-order valence-corrected chi connectivity index (χ3v) is 5.55. The SMILES string of the molecule is CCNC(c1ccc(OC)cc1)C(C)S(=O)(=O)CC. The Kier molecular flexibility index (Phi) is 5.82. The summed E-state index contributed by atoms with van der Waals surface area (Å²) in [6.07, 6.45) is 0. The summed E-state index contributed by atoms with van der Waals surface area (Å²) in [6, 6.07) is 7.33. The lowest BCUT2D eigenvalue weighted by molar-refractivity contribution is 0.414. The van der Waals surface area contributed by atoms with Crippen molar-refractivity contribution in [1.29, 1.82) is 0 Å². The molecular weight excluding hydrogens is 262 g/mol. The van der Waals surface area contributed by atoms with Gasteiger partial charge in [-0.25, -0.2) is 8.42 Å². The number of hydrogen-bond acceptors (Lipinski definition) is 4. The molecule has 0 spiro atoms. The highest BCUT2D eigenvalue weighted by molar-refractivity contribution is 7.92. The van der Waals surface area contributed by atoms with E-state index < -0.39 is 15.1 Å². The third kappa shape index (κ3) is 3.94. The molecule has 2 atom stereocenters. The average molecular weight is 285 g/mol. The number of hydrogen-bond donors (Lipinski definition) is 1. The first-order chi connectivity index (χ1) is 8.96. The van der Waals surface area contributed by atoms with Gasteiger partial charge in [-0.3, -0.25) is 0 Å². The minimum Gasteiger partial charge on any atom is -0.497 e. The Labute approximate surface area is 116 Å². The van der Waals surface area contributed by atoms with Crippen molar-refractivity contribution in [1.82, 2.24) is 5.32 Å². The number of benzene rings is 1. The lowest BCUT2D eigenvalue weighted by atomic mass is 10.0. The molecule has 19 heavy (non-hydrogen) atoms. The predicted octanol–water partition coefficient (Wildman–Crippen LogP) is 2.17. The normalized spacial score (nSPS) is 14.9. The second-order valence-electron chi connectivity index (χ2n) is 4.47. The zero-order chi connectivity index (χ0) is 14.5. The molecule has 4 nitrogen and oxygen atoms in total. The van der Waals surface area contributed by atoms with Crippen LogP contribution >= 0.6 is 0 Å². The van der Waals surface area contributed by atoms with Crippen LogP contribution < -0.4 is 10.1 Å². The monoisotopic (exact) mass is 285 g/mol. The fourth-order valence-corrected chi connectivity index (χ4v) is 3.25. The average Bonchev–Trinajstić information content (AvgIpc) is 2.44. The summed E-state index contributed by atoms with van der Waals surface area (Å²) in [5, 5.41) is 2.80. The van der Waals surface area contributed by atoms with Crippen LogP contribution in [0.5, 0.6) is 5.75 Å². The quantitative estimate of drug-likeness (QED) is 0.834. The van der Waals surface area contributed by atoms with E-state index in [9.17, 15) is 8.42 Å². The van der Waals surface area contributed by atoms with E-state index >= 15 is 0 Å². The van der Waals surface area contributed by atoms with Gasteiger partial charge in [0.1, 0.15) is 5.75 Å². The maximum Gasteiger partial charge on any atom is 0.154 e. The van der Waals surface area contributed by atoms with Crippen LogP contribution in [0.3, 0.4) is 0 Å². The lowest BCUT2D eigenvalue weighted by Crippen LogP contribution is -2.36. The molecule has 0 aliphatic rings. The van der Waals surface area contributed by atoms with E-state index in [-0.39, 0.29) is 11.8 Å². The van der Waals surface area contributed by atoms with Gasteiger partial charge >= 0.3 is 0 Å². The standard InChI is InChI=1S/C14H23NO3S/c1-5-15-14(11(3)19(16,17)6-2)12-7-9-13(18-4)10-8-12/h7-11,14-15H,5-6H2,1-4H3. The van der Waals surface area contributed by atoms with Crippen LogP contribution in [0.2, 0.25) is 0 Å². The Morgan fingerprint density at radius 1 is 1.21 bits per heavy atom. The van der Waals surface area contributed by atoms with E-state index in [0.717, 1.165) is 17.9 Å². The number of nitrogens with one attached hydrogen (secondary N) is 1. The maximum atomic E-state index is 12.0. The Hall–Kier alpha value is -1.07. The highest BCUT2D eigenvalue weighted by Gasteiger charge is 2.28. The van der Waals surface area contributed by atoms with E-state index in [4.69, 9.17) is 4.74 Å². The molecule has 1 aromatic carbocycles. The van der Waals surface area contributed by atoms with Gasteiger partial charge in [0.05, 0.1) is 12.4 Å². The molecule has 0 heterocycles. The summed E-state index contributed by atoms with van der Waals surface area (Å²) in [4.78, 5) is 0. The Morgan fingerprint density at radius 3 is 2.21 bits per heavy atom. The molecule has 0 fully saturated rings. The summed E-state index contributed by atoms with van der Waals surface area (Å²) in [6.45, 7) is 6.14. The van der Waals surface area contributed by atoms with Gasteiger partial charge in [-0.1, -0.05) is 26.0 Å². The molecular formula is C14H23NO3S. The van der Waals surface area contributed by atoms with Crippen molar-refractivity contribution in [3.8, 4) is 5.75 Å². The van der Waals surface area contributed by atoms with Crippen molar-refractivity contribution in [3.05, 3.63) is 29.8 Å². The van der Waals surface area contributed by atoms with Gasteiger partial charge in [0.15, 0.2) is 9.84 Å². The predicted molar refractivity (Wildman–Crippen MR) is 78.3 cm³/mol. The zero-order valence-corrected chi connectivity index (χ0v) is 12.8. The third-order valence-electron chi connectivity index (χ3n) is 3.34. The molecule has 0 aromatic heterocycles. The van der Waals surface area contributed by atoms with Crippen molar-refractivity contribution < 1.29 is 13.2 Å². The first kappa shape index (κ1) is 16.0. The van der Waals surface area contributed by atoms with Gasteiger partial charge in [0.2, 0.25) is 0 Å². The second kappa shape index (κ2) is 6.91. The van der Waals surface area contributed by atoms with E-state index in [1.807, 2.05) is 31.2 Å². The zero-order valence-electron chi connectivity index (χ0n) is 12.0. The fraction of sp³-hybridized carbons (Fsp3) is 0.571. The molecule has 5 heteroatoms. The summed E-state index contributed by atoms with van der Waals surface area (Å²) >= 11 is 0. The second-order valence-corrected chi connectivity index (χ2v) is 7.11. The van der Waals surface area contributed by atoms with Crippen LogP contribution in [0.15, 0.2) is 24.3 Å². The molecule has 0 aliphatic heterocycles. The first-order valence-corrected chi connectivity index (χ1v) is 8.26. The summed E-state index contributed by atoms with van der Waals surface area (Å²) in [7, 11) is -1.47. The minimum atomic E-state index is -3.08. The van der Waals surface area contributed by atoms with Gasteiger partial charge in [-0.15, -0.1) is 0 Å². The van der Waals surface area contributed by atoms with Gasteiger partial charge in [0.25, 0.3) is 0 Å². The number of rotatable bonds is 7. The molecule has 1 N–H and O–H groups in total. The van der Waals surface area contributed by atoms with Crippen molar-refractivity contribution in [3.63, 3.8) is 0 Å². The molecule has 0 amide bonds. The Bertz CT molecular complexity index is 482. The minimum absolute atomic E-state index is 0.159. The van der Waals surface area contributed by atoms with Crippen molar-refractivity contribution in [2.24, 2.45) is 0 Å². The van der Waals surface area contributed by atoms with Crippen molar-refractivity contribution in [2.45, 2.75) is 32.1 Å². The molecule has 0 bridgehead atoms. The van der Waals surface area contributed by atoms with Gasteiger partial charge < -0.3 is 10.1 Å². The molecule has 0 saturated carbocycles. The molecule has 108 valence electrons. The molecule has 1 aromatic rings. The van der Waals surface area contributed by atoms with E-state index in [0.29, 0.717) is 0 Å². The van der Waals surface area contributed by atoms with Crippen LogP contribution in [0.1, 0.15) is 32.4 Å². The van der Waals surface area contributed by atoms with E-state index in [1.54, 1.807) is 21.0 Å². The largest absolute Gasteiger partial charge is 0.497 e. The van der Waals surface area contributed by atoms with E-state index in [2.05, 4.69) is 5.32 Å². The number of methoxy groups -OCH3 is 1. The topological polar surface area (TPSA) is 55.4 Å². The first-order valence-electron chi connectivity index (χ1n) is 6.55. The lowest BCUT2D eigenvalue weighted by Gasteiger charge is -2.25. The molecule has 2 unspecified atom stereocenters. The molecule has 0 aliphatic carbocycles. The Balaban J connectivity index is 3.05. The maximum absolute atomic E-state index is 12.0. The highest BCUT2D eigenvalue weighted by Crippen LogP contribution is 2.24. The summed E-state index contributed by atoms with van der Waals surface area (Å²) in [5.41, 5.74) is 0.965. The van der Waals surface area contributed by atoms with Gasteiger partial charge in [-0.2, -0.15) is 0 Å².